The van der Waals surface area contributed by atoms with E-state index in [1.54, 1.807) is 6.92 Å². The molecule has 0 fully saturated rings. The quantitative estimate of drug-likeness (QED) is 0.0819. The molecule has 172 valence electrons. The molecule has 31 heavy (non-hydrogen) atoms. The summed E-state index contributed by atoms with van der Waals surface area (Å²) in [7, 11) is -11.5. The molecule has 0 saturated carbocycles. The Labute approximate surface area is 225 Å². The van der Waals surface area contributed by atoms with E-state index >= 15 is 0 Å². The molecule has 0 heterocycles. The van der Waals surface area contributed by atoms with Crippen molar-refractivity contribution in [3.63, 3.8) is 0 Å². The number of carbonyl (C=O) groups is 2. The Morgan fingerprint density at radius 1 is 0.935 bits per heavy atom. The van der Waals surface area contributed by atoms with Crippen molar-refractivity contribution in [2.45, 2.75) is 24.4 Å². The molecule has 0 aromatic heterocycles. The number of hydrogen-bond donors (Lipinski definition) is 1. The maximum absolute atomic E-state index is 12.3. The molecule has 0 bridgehead atoms. The molecule has 0 aromatic carbocycles. The molecule has 10 nitrogen and oxygen atoms in total. The Morgan fingerprint density at radius 2 is 1.23 bits per heavy atom. The second-order valence-electron chi connectivity index (χ2n) is 4.75. The Hall–Kier alpha value is 0.410. The number of hydrogen-bond acceptors (Lipinski definition) is 10. The predicted octanol–water partition coefficient (Wildman–Crippen LogP) is -5.30. The number of aliphatic hydroxyl groups excluding tert-OH is 1. The fraction of sp³-hybridized carbons (Fsp3) is 0.500. The minimum Gasteiger partial charge on any atom is -0.743 e. The van der Waals surface area contributed by atoms with E-state index in [1.807, 2.05) is 0 Å². The van der Waals surface area contributed by atoms with Crippen molar-refractivity contribution in [1.82, 2.24) is 0 Å². The summed E-state index contributed by atoms with van der Waals surface area (Å²) in [5.41, 5.74) is 0.209. The van der Waals surface area contributed by atoms with Gasteiger partial charge < -0.3 is 18.9 Å². The van der Waals surface area contributed by atoms with Gasteiger partial charge in [-0.2, -0.15) is 17.6 Å². The minimum absolute atomic E-state index is 0. The fourth-order valence-corrected chi connectivity index (χ4v) is 0.785. The van der Waals surface area contributed by atoms with Gasteiger partial charge in [0.25, 0.3) is 0 Å². The van der Waals surface area contributed by atoms with E-state index < -0.39 is 55.2 Å². The first-order valence-corrected chi connectivity index (χ1v) is 9.68. The number of aliphatic hydroxyl groups is 1. The molecule has 0 aliphatic heterocycles. The first-order valence-electron chi connectivity index (χ1n) is 6.48. The van der Waals surface area contributed by atoms with Crippen molar-refractivity contribution in [3.8, 4) is 0 Å². The van der Waals surface area contributed by atoms with E-state index in [0.717, 1.165) is 0 Å². The zero-order chi connectivity index (χ0) is 24.4. The van der Waals surface area contributed by atoms with E-state index in [4.69, 9.17) is 16.7 Å². The molecule has 1 N–H and O–H groups in total. The number of carbonyl (C=O) groups excluding carboxylic acids is 2. The monoisotopic (exact) mass is 540 g/mol. The molecule has 0 aromatic rings. The molecule has 0 atom stereocenters. The largest absolute Gasteiger partial charge is 1.00 e. The van der Waals surface area contributed by atoms with E-state index in [-0.39, 0.29) is 64.7 Å². The number of alkyl halides is 4. The standard InChI is InChI=1S/C6H8F2O5S.C4H5ClO.C2H4F2O4S.2Na/c1-4(2)5(9)13-3-6(7,8)14(10,11)12;1-3(2)4(5)6;3-2(4,1-5)9(6,7)8;;/h1,3H2,2H3,(H,10,11,12);1H2,2H3;5H,1H2,(H,6,7,8);;/q;;;2*+1/p-2. The molecule has 0 radical (unpaired) electrons. The van der Waals surface area contributed by atoms with E-state index in [0.29, 0.717) is 5.57 Å². The van der Waals surface area contributed by atoms with Crippen molar-refractivity contribution in [2.75, 3.05) is 13.2 Å². The summed E-state index contributed by atoms with van der Waals surface area (Å²) in [6, 6.07) is 0. The van der Waals surface area contributed by atoms with Crippen molar-refractivity contribution in [3.05, 3.63) is 24.3 Å². The number of allylic oxidation sites excluding steroid dienone is 1. The van der Waals surface area contributed by atoms with Crippen LogP contribution in [0.4, 0.5) is 17.6 Å². The summed E-state index contributed by atoms with van der Waals surface area (Å²) < 4.78 is 110. The Balaban J connectivity index is -0.000000115. The molecule has 19 heteroatoms. The maximum Gasteiger partial charge on any atom is 1.00 e. The zero-order valence-corrected chi connectivity index (χ0v) is 23.0. The van der Waals surface area contributed by atoms with Gasteiger partial charge in [0.15, 0.2) is 26.8 Å². The average Bonchev–Trinajstić information content (AvgIpc) is 2.51. The first-order chi connectivity index (χ1) is 12.5. The van der Waals surface area contributed by atoms with Crippen LogP contribution in [0.1, 0.15) is 13.8 Å². The number of rotatable bonds is 7. The third-order valence-corrected chi connectivity index (χ3v) is 4.00. The number of halogens is 5. The molecule has 0 aliphatic carbocycles. The molecule has 0 saturated heterocycles. The van der Waals surface area contributed by atoms with Crippen molar-refractivity contribution in [1.29, 1.82) is 0 Å². The third-order valence-electron chi connectivity index (χ3n) is 1.97. The summed E-state index contributed by atoms with van der Waals surface area (Å²) in [5.74, 6) is -1.19. The van der Waals surface area contributed by atoms with Gasteiger partial charge in [-0.3, -0.25) is 4.79 Å². The minimum atomic E-state index is -5.81. The smallest absolute Gasteiger partial charge is 0.743 e. The zero-order valence-electron chi connectivity index (χ0n) is 16.7. The maximum atomic E-state index is 12.3. The molecule has 0 spiro atoms. The van der Waals surface area contributed by atoms with E-state index in [1.165, 1.54) is 6.92 Å². The fourth-order valence-electron chi connectivity index (χ4n) is 0.424. The number of ether oxygens (including phenoxy) is 1. The molecule has 0 aliphatic rings. The van der Waals surface area contributed by atoms with Gasteiger partial charge in [-0.25, -0.2) is 21.6 Å². The van der Waals surface area contributed by atoms with Crippen LogP contribution < -0.4 is 59.1 Å². The van der Waals surface area contributed by atoms with E-state index in [9.17, 15) is 53.1 Å². The molecular formula is C12H15ClF4Na2O10S2. The predicted molar refractivity (Wildman–Crippen MR) is 87.8 cm³/mol. The van der Waals surface area contributed by atoms with Crippen LogP contribution in [-0.4, -0.2) is 66.0 Å². The Kier molecular flexibility index (Phi) is 22.8. The van der Waals surface area contributed by atoms with Gasteiger partial charge in [0, 0.05) is 11.1 Å². The van der Waals surface area contributed by atoms with Gasteiger partial charge >= 0.3 is 75.6 Å². The van der Waals surface area contributed by atoms with Crippen molar-refractivity contribution >= 4 is 43.0 Å². The van der Waals surface area contributed by atoms with Crippen LogP contribution in [0, 0.1) is 0 Å². The topological polar surface area (TPSA) is 178 Å². The molecule has 0 amide bonds. The van der Waals surface area contributed by atoms with Gasteiger partial charge in [0.2, 0.25) is 5.24 Å². The first kappa shape index (κ1) is 41.6. The normalized spacial score (nSPS) is 11.0. The van der Waals surface area contributed by atoms with Crippen LogP contribution in [0.25, 0.3) is 0 Å². The molecular weight excluding hydrogens is 526 g/mol. The van der Waals surface area contributed by atoms with Crippen LogP contribution in [0.3, 0.4) is 0 Å². The summed E-state index contributed by atoms with van der Waals surface area (Å²) in [6.45, 7) is 5.32. The third kappa shape index (κ3) is 19.6. The Bertz CT molecular complexity index is 820. The second kappa shape index (κ2) is 16.9. The summed E-state index contributed by atoms with van der Waals surface area (Å²) in [4.78, 5) is 20.4. The van der Waals surface area contributed by atoms with Crippen LogP contribution in [0.2, 0.25) is 0 Å². The van der Waals surface area contributed by atoms with Crippen LogP contribution in [0.5, 0.6) is 0 Å². The SMILES string of the molecule is C=C(C)C(=O)Cl.C=C(C)C(=O)OCC(F)(F)S(=O)(=O)[O-].O=S(=O)([O-])C(F)(F)CO.[Na+].[Na+]. The van der Waals surface area contributed by atoms with Crippen molar-refractivity contribution < 1.29 is 122 Å². The average molecular weight is 541 g/mol. The molecule has 0 rings (SSSR count). The Morgan fingerprint density at radius 3 is 1.35 bits per heavy atom. The number of esters is 1. The van der Waals surface area contributed by atoms with Crippen molar-refractivity contribution in [2.24, 2.45) is 0 Å². The van der Waals surface area contributed by atoms with Crippen LogP contribution in [0.15, 0.2) is 24.3 Å². The second-order valence-corrected chi connectivity index (χ2v) is 8.11. The van der Waals surface area contributed by atoms with Gasteiger partial charge in [-0.05, 0) is 25.4 Å². The van der Waals surface area contributed by atoms with E-state index in [2.05, 4.69) is 17.9 Å². The summed E-state index contributed by atoms with van der Waals surface area (Å²) in [5, 5.41) is -2.02. The summed E-state index contributed by atoms with van der Waals surface area (Å²) >= 11 is 4.87. The van der Waals surface area contributed by atoms with Gasteiger partial charge in [-0.1, -0.05) is 13.2 Å². The van der Waals surface area contributed by atoms with Gasteiger partial charge in [0.1, 0.15) is 6.61 Å². The van der Waals surface area contributed by atoms with Crippen LogP contribution in [-0.2, 0) is 34.6 Å². The molecule has 0 unspecified atom stereocenters. The van der Waals surface area contributed by atoms with Crippen LogP contribution >= 0.6 is 11.6 Å². The summed E-state index contributed by atoms with van der Waals surface area (Å²) in [6.07, 6.45) is 0. The van der Waals surface area contributed by atoms with Gasteiger partial charge in [-0.15, -0.1) is 0 Å². The van der Waals surface area contributed by atoms with Gasteiger partial charge in [0.05, 0.1) is 0 Å².